The van der Waals surface area contributed by atoms with Crippen molar-refractivity contribution in [1.82, 2.24) is 4.90 Å². The Labute approximate surface area is 160 Å². The predicted octanol–water partition coefficient (Wildman–Crippen LogP) is 5.96. The van der Waals surface area contributed by atoms with Gasteiger partial charge in [0.15, 0.2) is 0 Å². The second kappa shape index (κ2) is 14.5. The summed E-state index contributed by atoms with van der Waals surface area (Å²) in [7, 11) is 0. The molecule has 1 saturated heterocycles. The second-order valence-electron chi connectivity index (χ2n) is 5.24. The molecule has 6 heteroatoms. The van der Waals surface area contributed by atoms with Gasteiger partial charge in [-0.05, 0) is 31.5 Å². The van der Waals surface area contributed by atoms with Crippen molar-refractivity contribution in [3.05, 3.63) is 66.8 Å². The van der Waals surface area contributed by atoms with E-state index in [9.17, 15) is 13.6 Å². The van der Waals surface area contributed by atoms with E-state index in [2.05, 4.69) is 11.3 Å². The molecule has 1 fully saturated rings. The Balaban J connectivity index is 0.000000637. The maximum absolute atomic E-state index is 12.0. The standard InChI is InChI=1S/C12H13F2NO3.C7H10.C2H6/c1-8-6-15(12(16)17-8)7-9-2-4-10(5-3-9)18-11(13)14;1-3-5-7-6-4-2;1-2/h2-5,8,11H,6-7H2,1H3;3-7H,1H2,2H3;1-2H3/b;6-4-,7-5-;. The van der Waals surface area contributed by atoms with Crippen LogP contribution in [-0.4, -0.2) is 30.3 Å². The van der Waals surface area contributed by atoms with Gasteiger partial charge in [0.05, 0.1) is 6.54 Å². The number of rotatable bonds is 6. The summed E-state index contributed by atoms with van der Waals surface area (Å²) in [4.78, 5) is 12.9. The maximum Gasteiger partial charge on any atom is 0.410 e. The molecule has 1 atom stereocenters. The first-order chi connectivity index (χ1) is 13.0. The largest absolute Gasteiger partial charge is 0.444 e. The normalized spacial score (nSPS) is 15.9. The lowest BCUT2D eigenvalue weighted by Gasteiger charge is -2.13. The molecule has 2 rings (SSSR count). The van der Waals surface area contributed by atoms with Gasteiger partial charge in [0.1, 0.15) is 11.9 Å². The van der Waals surface area contributed by atoms with Gasteiger partial charge in [-0.1, -0.05) is 62.9 Å². The number of carbonyl (C=O) groups excluding carboxylic acids is 1. The van der Waals surface area contributed by atoms with Crippen molar-refractivity contribution in [2.24, 2.45) is 0 Å². The molecule has 1 aromatic carbocycles. The smallest absolute Gasteiger partial charge is 0.410 e. The number of nitrogens with zero attached hydrogens (tertiary/aromatic N) is 1. The van der Waals surface area contributed by atoms with Crippen LogP contribution in [0.5, 0.6) is 5.75 Å². The second-order valence-corrected chi connectivity index (χ2v) is 5.24. The first-order valence-electron chi connectivity index (χ1n) is 8.86. The van der Waals surface area contributed by atoms with E-state index >= 15 is 0 Å². The Bertz CT molecular complexity index is 598. The minimum Gasteiger partial charge on any atom is -0.444 e. The predicted molar refractivity (Wildman–Crippen MR) is 105 cm³/mol. The van der Waals surface area contributed by atoms with Crippen LogP contribution in [-0.2, 0) is 11.3 Å². The highest BCUT2D eigenvalue weighted by Gasteiger charge is 2.27. The van der Waals surface area contributed by atoms with E-state index in [1.807, 2.05) is 52.0 Å². The molecular formula is C21H29F2NO3. The summed E-state index contributed by atoms with van der Waals surface area (Å²) in [5, 5.41) is 0. The number of halogens is 2. The molecule has 0 radical (unpaired) electrons. The molecular weight excluding hydrogens is 352 g/mol. The molecule has 1 aromatic rings. The van der Waals surface area contributed by atoms with E-state index in [0.29, 0.717) is 13.1 Å². The van der Waals surface area contributed by atoms with Crippen molar-refractivity contribution in [1.29, 1.82) is 0 Å². The Morgan fingerprint density at radius 1 is 1.26 bits per heavy atom. The van der Waals surface area contributed by atoms with Gasteiger partial charge in [-0.15, -0.1) is 0 Å². The lowest BCUT2D eigenvalue weighted by molar-refractivity contribution is -0.0498. The first kappa shape index (κ1) is 24.4. The average molecular weight is 381 g/mol. The highest BCUT2D eigenvalue weighted by molar-refractivity contribution is 5.69. The molecule has 0 aliphatic carbocycles. The molecule has 150 valence electrons. The molecule has 0 bridgehead atoms. The van der Waals surface area contributed by atoms with Crippen LogP contribution >= 0.6 is 0 Å². The molecule has 1 heterocycles. The molecule has 1 aliphatic rings. The van der Waals surface area contributed by atoms with Crippen LogP contribution in [0, 0.1) is 0 Å². The molecule has 4 nitrogen and oxygen atoms in total. The zero-order valence-electron chi connectivity index (χ0n) is 16.4. The van der Waals surface area contributed by atoms with Crippen LogP contribution in [0.1, 0.15) is 33.3 Å². The van der Waals surface area contributed by atoms with Gasteiger partial charge in [-0.25, -0.2) is 4.79 Å². The molecule has 0 N–H and O–H groups in total. The summed E-state index contributed by atoms with van der Waals surface area (Å²) in [5.74, 6) is 0.103. The minimum atomic E-state index is -2.83. The quantitative estimate of drug-likeness (QED) is 0.571. The van der Waals surface area contributed by atoms with E-state index < -0.39 is 6.61 Å². The van der Waals surface area contributed by atoms with E-state index in [1.165, 1.54) is 12.1 Å². The zero-order chi connectivity index (χ0) is 20.7. The van der Waals surface area contributed by atoms with Crippen LogP contribution in [0.15, 0.2) is 61.2 Å². The van der Waals surface area contributed by atoms with Crippen LogP contribution in [0.3, 0.4) is 0 Å². The van der Waals surface area contributed by atoms with E-state index in [4.69, 9.17) is 4.74 Å². The van der Waals surface area contributed by atoms with Gasteiger partial charge in [0.25, 0.3) is 0 Å². The summed E-state index contributed by atoms with van der Waals surface area (Å²) in [6.07, 6.45) is 9.05. The van der Waals surface area contributed by atoms with Crippen molar-refractivity contribution in [2.75, 3.05) is 6.54 Å². The molecule has 1 amide bonds. The van der Waals surface area contributed by atoms with Gasteiger partial charge in [0, 0.05) is 6.54 Å². The number of benzene rings is 1. The number of ether oxygens (including phenoxy) is 2. The molecule has 27 heavy (non-hydrogen) atoms. The lowest BCUT2D eigenvalue weighted by Crippen LogP contribution is -2.24. The molecule has 1 unspecified atom stereocenters. The SMILES string of the molecule is C=C/C=C\C=C/C.CC.CC1CN(Cc2ccc(OC(F)F)cc2)C(=O)O1. The molecule has 0 saturated carbocycles. The van der Waals surface area contributed by atoms with Gasteiger partial charge >= 0.3 is 12.7 Å². The van der Waals surface area contributed by atoms with Crippen LogP contribution in [0.4, 0.5) is 13.6 Å². The van der Waals surface area contributed by atoms with Gasteiger partial charge in [-0.2, -0.15) is 8.78 Å². The minimum absolute atomic E-state index is 0.103. The molecule has 0 spiro atoms. The Morgan fingerprint density at radius 2 is 1.89 bits per heavy atom. The third-order valence-electron chi connectivity index (χ3n) is 3.11. The lowest BCUT2D eigenvalue weighted by atomic mass is 10.2. The fraction of sp³-hybridized carbons (Fsp3) is 0.381. The van der Waals surface area contributed by atoms with Crippen LogP contribution in [0.2, 0.25) is 0 Å². The van der Waals surface area contributed by atoms with E-state index in [1.54, 1.807) is 23.1 Å². The Morgan fingerprint density at radius 3 is 2.33 bits per heavy atom. The van der Waals surface area contributed by atoms with Crippen LogP contribution in [0.25, 0.3) is 0 Å². The monoisotopic (exact) mass is 381 g/mol. The number of alkyl halides is 2. The van der Waals surface area contributed by atoms with Gasteiger partial charge in [-0.3, -0.25) is 0 Å². The number of hydrogen-bond donors (Lipinski definition) is 0. The fourth-order valence-electron chi connectivity index (χ4n) is 2.05. The zero-order valence-corrected chi connectivity index (χ0v) is 16.4. The first-order valence-corrected chi connectivity index (χ1v) is 8.86. The van der Waals surface area contributed by atoms with Crippen molar-refractivity contribution in [2.45, 2.75) is 47.0 Å². The summed E-state index contributed by atoms with van der Waals surface area (Å²) in [6.45, 7) is 9.42. The Kier molecular flexibility index (Phi) is 13.1. The van der Waals surface area contributed by atoms with Crippen molar-refractivity contribution < 1.29 is 23.0 Å². The van der Waals surface area contributed by atoms with E-state index in [0.717, 1.165) is 5.56 Å². The number of carbonyl (C=O) groups is 1. The summed E-state index contributed by atoms with van der Waals surface area (Å²) in [5.41, 5.74) is 0.836. The third kappa shape index (κ3) is 10.8. The molecule has 0 aromatic heterocycles. The van der Waals surface area contributed by atoms with Crippen molar-refractivity contribution in [3.63, 3.8) is 0 Å². The highest BCUT2D eigenvalue weighted by atomic mass is 19.3. The van der Waals surface area contributed by atoms with Crippen molar-refractivity contribution in [3.8, 4) is 5.75 Å². The highest BCUT2D eigenvalue weighted by Crippen LogP contribution is 2.18. The maximum atomic E-state index is 12.0. The van der Waals surface area contributed by atoms with Crippen LogP contribution < -0.4 is 4.74 Å². The number of amides is 1. The van der Waals surface area contributed by atoms with Gasteiger partial charge < -0.3 is 14.4 Å². The molecule has 1 aliphatic heterocycles. The van der Waals surface area contributed by atoms with Crippen molar-refractivity contribution >= 4 is 6.09 Å². The fourth-order valence-corrected chi connectivity index (χ4v) is 2.05. The topological polar surface area (TPSA) is 38.8 Å². The number of hydrogen-bond acceptors (Lipinski definition) is 3. The number of cyclic esters (lactones) is 1. The van der Waals surface area contributed by atoms with Gasteiger partial charge in [0.2, 0.25) is 0 Å². The summed E-state index contributed by atoms with van der Waals surface area (Å²) >= 11 is 0. The van der Waals surface area contributed by atoms with E-state index in [-0.39, 0.29) is 17.9 Å². The average Bonchev–Trinajstić information content (AvgIpc) is 2.96. The third-order valence-corrected chi connectivity index (χ3v) is 3.11. The summed E-state index contributed by atoms with van der Waals surface area (Å²) in [6, 6.07) is 6.20. The number of allylic oxidation sites excluding steroid dienone is 5. The summed E-state index contributed by atoms with van der Waals surface area (Å²) < 4.78 is 33.1. The Hall–Kier alpha value is -2.63.